The third-order valence-corrected chi connectivity index (χ3v) is 3.88. The monoisotopic (exact) mass is 269 g/mol. The van der Waals surface area contributed by atoms with Crippen molar-refractivity contribution in [3.8, 4) is 0 Å². The van der Waals surface area contributed by atoms with Crippen molar-refractivity contribution in [2.45, 2.75) is 51.6 Å². The third-order valence-electron chi connectivity index (χ3n) is 2.69. The van der Waals surface area contributed by atoms with E-state index < -0.39 is 0 Å². The number of rotatable bonds is 7. The van der Waals surface area contributed by atoms with Crippen LogP contribution in [0.15, 0.2) is 23.1 Å². The van der Waals surface area contributed by atoms with Gasteiger partial charge in [0, 0.05) is 17.5 Å². The Morgan fingerprint density at radius 3 is 2.56 bits per heavy atom. The second-order valence-corrected chi connectivity index (χ2v) is 6.40. The summed E-state index contributed by atoms with van der Waals surface area (Å²) in [4.78, 5) is 0.811. The zero-order valence-electron chi connectivity index (χ0n) is 11.8. The van der Waals surface area contributed by atoms with Gasteiger partial charge >= 0.3 is 0 Å². The Kier molecular flexibility index (Phi) is 6.72. The molecule has 0 amide bonds. The molecule has 0 spiro atoms. The third kappa shape index (κ3) is 5.40. The number of nitrogens with one attached hydrogen (secondary N) is 1. The normalized spacial score (nSPS) is 11.5. The van der Waals surface area contributed by atoms with Gasteiger partial charge in [-0.1, -0.05) is 39.8 Å². The minimum atomic E-state index is -0.0909. The van der Waals surface area contributed by atoms with E-state index in [-0.39, 0.29) is 5.82 Å². The Morgan fingerprint density at radius 2 is 1.94 bits per heavy atom. The molecule has 1 aromatic rings. The molecule has 0 radical (unpaired) electrons. The first-order valence-electron chi connectivity index (χ1n) is 6.64. The molecule has 0 aliphatic rings. The highest BCUT2D eigenvalue weighted by molar-refractivity contribution is 7.99. The fraction of sp³-hybridized carbons (Fsp3) is 0.600. The van der Waals surface area contributed by atoms with E-state index >= 15 is 0 Å². The van der Waals surface area contributed by atoms with E-state index in [1.165, 1.54) is 0 Å². The largest absolute Gasteiger partial charge is 0.310 e. The molecular weight excluding hydrogens is 245 g/mol. The van der Waals surface area contributed by atoms with Gasteiger partial charge in [-0.25, -0.2) is 4.39 Å². The zero-order valence-corrected chi connectivity index (χ0v) is 12.6. The summed E-state index contributed by atoms with van der Waals surface area (Å²) in [7, 11) is 0. The van der Waals surface area contributed by atoms with Crippen LogP contribution in [0, 0.1) is 11.7 Å². The molecule has 0 atom stereocenters. The Hall–Kier alpha value is -0.540. The van der Waals surface area contributed by atoms with Crippen LogP contribution in [0.4, 0.5) is 4.39 Å². The summed E-state index contributed by atoms with van der Waals surface area (Å²) in [5.74, 6) is 1.56. The molecule has 1 N–H and O–H groups in total. The number of hydrogen-bond donors (Lipinski definition) is 1. The van der Waals surface area contributed by atoms with Gasteiger partial charge in [0.05, 0.1) is 0 Å². The van der Waals surface area contributed by atoms with Crippen LogP contribution in [0.25, 0.3) is 0 Å². The van der Waals surface area contributed by atoms with Crippen LogP contribution in [0.3, 0.4) is 0 Å². The fourth-order valence-corrected chi connectivity index (χ4v) is 2.89. The Labute approximate surface area is 115 Å². The number of benzene rings is 1. The lowest BCUT2D eigenvalue weighted by Gasteiger charge is -2.13. The lowest BCUT2D eigenvalue weighted by Crippen LogP contribution is -2.22. The average molecular weight is 269 g/mol. The fourth-order valence-electron chi connectivity index (χ4n) is 1.57. The molecule has 0 saturated heterocycles. The minimum Gasteiger partial charge on any atom is -0.310 e. The van der Waals surface area contributed by atoms with E-state index in [0.717, 1.165) is 29.2 Å². The molecule has 1 rings (SSSR count). The van der Waals surface area contributed by atoms with E-state index in [0.29, 0.717) is 12.0 Å². The Bertz CT molecular complexity index is 364. The summed E-state index contributed by atoms with van der Waals surface area (Å²) in [5.41, 5.74) is 1.07. The number of hydrogen-bond acceptors (Lipinski definition) is 2. The van der Waals surface area contributed by atoms with Gasteiger partial charge in [-0.3, -0.25) is 0 Å². The van der Waals surface area contributed by atoms with Gasteiger partial charge in [0.1, 0.15) is 5.82 Å². The van der Waals surface area contributed by atoms with E-state index in [1.54, 1.807) is 23.9 Å². The summed E-state index contributed by atoms with van der Waals surface area (Å²) >= 11 is 1.64. The summed E-state index contributed by atoms with van der Waals surface area (Å²) in [6.07, 6.45) is 1.12. The second kappa shape index (κ2) is 7.80. The lowest BCUT2D eigenvalue weighted by atomic mass is 10.2. The van der Waals surface area contributed by atoms with E-state index in [2.05, 4.69) is 33.0 Å². The first-order chi connectivity index (χ1) is 8.50. The minimum absolute atomic E-state index is 0.0909. The van der Waals surface area contributed by atoms with Crippen molar-refractivity contribution < 1.29 is 4.39 Å². The lowest BCUT2D eigenvalue weighted by molar-refractivity contribution is 0.564. The smallest absolute Gasteiger partial charge is 0.137 e. The maximum Gasteiger partial charge on any atom is 0.137 e. The standard InChI is InChI=1S/C15H24FNS/c1-11(2)8-9-18-15-13(10-17-12(3)4)6-5-7-14(15)16/h5-7,11-12,17H,8-10H2,1-4H3. The molecule has 102 valence electrons. The first kappa shape index (κ1) is 15.5. The summed E-state index contributed by atoms with van der Waals surface area (Å²) in [6.45, 7) is 9.33. The maximum absolute atomic E-state index is 13.9. The molecule has 0 unspecified atom stereocenters. The topological polar surface area (TPSA) is 12.0 Å². The van der Waals surface area contributed by atoms with E-state index in [9.17, 15) is 4.39 Å². The molecule has 1 nitrogen and oxygen atoms in total. The maximum atomic E-state index is 13.9. The molecule has 0 fully saturated rings. The quantitative estimate of drug-likeness (QED) is 0.733. The van der Waals surface area contributed by atoms with Gasteiger partial charge in [-0.05, 0) is 29.7 Å². The van der Waals surface area contributed by atoms with Crippen molar-refractivity contribution in [2.24, 2.45) is 5.92 Å². The molecule has 0 aromatic heterocycles. The molecule has 0 heterocycles. The summed E-state index contributed by atoms with van der Waals surface area (Å²) in [5, 5.41) is 3.35. The SMILES string of the molecule is CC(C)CCSc1c(F)cccc1CNC(C)C. The van der Waals surface area contributed by atoms with Crippen molar-refractivity contribution in [1.29, 1.82) is 0 Å². The van der Waals surface area contributed by atoms with Crippen molar-refractivity contribution in [3.63, 3.8) is 0 Å². The molecular formula is C15H24FNS. The molecule has 1 aromatic carbocycles. The highest BCUT2D eigenvalue weighted by Crippen LogP contribution is 2.27. The van der Waals surface area contributed by atoms with Gasteiger partial charge in [0.2, 0.25) is 0 Å². The van der Waals surface area contributed by atoms with Gasteiger partial charge in [-0.15, -0.1) is 11.8 Å². The number of halogens is 1. The highest BCUT2D eigenvalue weighted by atomic mass is 32.2. The zero-order chi connectivity index (χ0) is 13.5. The Balaban J connectivity index is 2.67. The molecule has 3 heteroatoms. The highest BCUT2D eigenvalue weighted by Gasteiger charge is 2.09. The van der Waals surface area contributed by atoms with Crippen molar-refractivity contribution in [3.05, 3.63) is 29.6 Å². The van der Waals surface area contributed by atoms with Gasteiger partial charge in [0.15, 0.2) is 0 Å². The van der Waals surface area contributed by atoms with E-state index in [4.69, 9.17) is 0 Å². The molecule has 0 aliphatic heterocycles. The van der Waals surface area contributed by atoms with Crippen LogP contribution in [0.1, 0.15) is 39.7 Å². The first-order valence-corrected chi connectivity index (χ1v) is 7.62. The predicted molar refractivity (Wildman–Crippen MR) is 78.6 cm³/mol. The Morgan fingerprint density at radius 1 is 1.22 bits per heavy atom. The van der Waals surface area contributed by atoms with Crippen molar-refractivity contribution in [1.82, 2.24) is 5.32 Å². The van der Waals surface area contributed by atoms with Crippen LogP contribution in [-0.2, 0) is 6.54 Å². The predicted octanol–water partition coefficient (Wildman–Crippen LogP) is 4.46. The van der Waals surface area contributed by atoms with Crippen molar-refractivity contribution in [2.75, 3.05) is 5.75 Å². The summed E-state index contributed by atoms with van der Waals surface area (Å²) < 4.78 is 13.9. The molecule has 0 bridgehead atoms. The van der Waals surface area contributed by atoms with Gasteiger partial charge < -0.3 is 5.32 Å². The van der Waals surface area contributed by atoms with Crippen molar-refractivity contribution >= 4 is 11.8 Å². The van der Waals surface area contributed by atoms with Gasteiger partial charge in [-0.2, -0.15) is 0 Å². The van der Waals surface area contributed by atoms with Crippen LogP contribution in [-0.4, -0.2) is 11.8 Å². The average Bonchev–Trinajstić information content (AvgIpc) is 2.28. The molecule has 0 aliphatic carbocycles. The van der Waals surface area contributed by atoms with Crippen LogP contribution in [0.2, 0.25) is 0 Å². The van der Waals surface area contributed by atoms with Crippen LogP contribution >= 0.6 is 11.8 Å². The van der Waals surface area contributed by atoms with Crippen LogP contribution < -0.4 is 5.32 Å². The second-order valence-electron chi connectivity index (χ2n) is 5.29. The number of thioether (sulfide) groups is 1. The van der Waals surface area contributed by atoms with Crippen LogP contribution in [0.5, 0.6) is 0 Å². The molecule has 0 saturated carbocycles. The van der Waals surface area contributed by atoms with E-state index in [1.807, 2.05) is 6.07 Å². The molecule has 18 heavy (non-hydrogen) atoms. The van der Waals surface area contributed by atoms with Gasteiger partial charge in [0.25, 0.3) is 0 Å². The summed E-state index contributed by atoms with van der Waals surface area (Å²) in [6, 6.07) is 5.77.